The highest BCUT2D eigenvalue weighted by Gasteiger charge is 2.47. The van der Waals surface area contributed by atoms with Crippen LogP contribution >= 0.6 is 0 Å². The minimum Gasteiger partial charge on any atom is -0.371 e. The lowest BCUT2D eigenvalue weighted by Gasteiger charge is -2.44. The average Bonchev–Trinajstić information content (AvgIpc) is 2.60. The van der Waals surface area contributed by atoms with E-state index in [1.807, 2.05) is 0 Å². The lowest BCUT2D eigenvalue weighted by Crippen LogP contribution is -2.65. The van der Waals surface area contributed by atoms with Crippen molar-refractivity contribution in [3.8, 4) is 0 Å². The maximum atomic E-state index is 11.6. The summed E-state index contributed by atoms with van der Waals surface area (Å²) in [5.74, 6) is -0.563. The first-order chi connectivity index (χ1) is 13.6. The van der Waals surface area contributed by atoms with E-state index in [9.17, 15) is 19.2 Å². The van der Waals surface area contributed by atoms with Crippen LogP contribution in [0.25, 0.3) is 10.4 Å². The van der Waals surface area contributed by atoms with Crippen molar-refractivity contribution in [2.75, 3.05) is 26.4 Å². The van der Waals surface area contributed by atoms with E-state index in [2.05, 4.69) is 15.3 Å². The Bertz CT molecular complexity index is 675. The molecular formula is C14H20N4O8. The Morgan fingerprint density at radius 2 is 1.85 bits per heavy atom. The summed E-state index contributed by atoms with van der Waals surface area (Å²) in [6.07, 6.45) is -8.13. The lowest BCUT2D eigenvalue weighted by molar-refractivity contribution is -0.221. The van der Waals surface area contributed by atoms with Crippen molar-refractivity contribution in [1.29, 1.82) is 0 Å². The summed E-state index contributed by atoms with van der Waals surface area (Å²) in [4.78, 5) is 47.1. The molecule has 1 unspecified atom stereocenters. The molecule has 1 aliphatic heterocycles. The minimum atomic E-state index is -1.35. The van der Waals surface area contributed by atoms with Gasteiger partial charge in [0.25, 0.3) is 0 Å². The number of carbonyl (C=O) groups excluding carboxylic acids is 4. The molecule has 1 amide bonds. The number of amides is 1. The molecule has 0 aromatic rings. The zero-order chi connectivity index (χ0) is 22.0. The molecule has 1 rings (SSSR count). The molecular weight excluding hydrogens is 352 g/mol. The summed E-state index contributed by atoms with van der Waals surface area (Å²) in [5.41, 5.74) is 8.79. The molecule has 5 atom stereocenters. The molecule has 12 nitrogen and oxygen atoms in total. The molecule has 1 saturated heterocycles. The molecule has 0 bridgehead atoms. The van der Waals surface area contributed by atoms with Gasteiger partial charge in [0.15, 0.2) is 6.23 Å². The van der Waals surface area contributed by atoms with Crippen molar-refractivity contribution in [3.05, 3.63) is 10.4 Å². The van der Waals surface area contributed by atoms with Crippen molar-refractivity contribution >= 4 is 24.7 Å². The van der Waals surface area contributed by atoms with Crippen molar-refractivity contribution in [1.82, 2.24) is 5.32 Å². The quantitative estimate of drug-likeness (QED) is 0.194. The number of rotatable bonds is 12. The molecule has 0 saturated carbocycles. The van der Waals surface area contributed by atoms with Crippen LogP contribution in [-0.4, -0.2) is 81.7 Å². The highest BCUT2D eigenvalue weighted by atomic mass is 16.6. The van der Waals surface area contributed by atoms with Gasteiger partial charge in [-0.25, -0.2) is 0 Å². The number of hydrogen-bond donors (Lipinski definition) is 1. The maximum Gasteiger partial charge on any atom is 0.217 e. The first-order valence-electron chi connectivity index (χ1n) is 8.91. The largest absolute Gasteiger partial charge is 0.371 e. The van der Waals surface area contributed by atoms with Crippen LogP contribution in [0.3, 0.4) is 0 Å². The van der Waals surface area contributed by atoms with E-state index >= 15 is 0 Å². The van der Waals surface area contributed by atoms with Gasteiger partial charge in [-0.05, 0) is 5.53 Å². The fourth-order valence-corrected chi connectivity index (χ4v) is 2.47. The maximum absolute atomic E-state index is 11.6. The van der Waals surface area contributed by atoms with Gasteiger partial charge >= 0.3 is 0 Å². The number of azide groups is 1. The molecule has 1 aliphatic rings. The summed E-state index contributed by atoms with van der Waals surface area (Å²) in [6, 6.07) is -1.16. The van der Waals surface area contributed by atoms with Crippen LogP contribution in [-0.2, 0) is 38.1 Å². The van der Waals surface area contributed by atoms with Gasteiger partial charge in [-0.2, -0.15) is 0 Å². The van der Waals surface area contributed by atoms with Gasteiger partial charge in [0, 0.05) is 11.8 Å². The third-order valence-corrected chi connectivity index (χ3v) is 3.31. The van der Waals surface area contributed by atoms with E-state index in [-0.39, 0.29) is 6.61 Å². The number of nitrogens with zero attached hydrogens (tertiary/aromatic N) is 3. The van der Waals surface area contributed by atoms with Crippen LogP contribution in [0.2, 0.25) is 0 Å². The molecule has 1 fully saturated rings. The van der Waals surface area contributed by atoms with Gasteiger partial charge in [-0.1, -0.05) is 5.11 Å². The predicted octanol–water partition coefficient (Wildman–Crippen LogP) is -1.09. The summed E-state index contributed by atoms with van der Waals surface area (Å²) >= 11 is 0. The second-order valence-corrected chi connectivity index (χ2v) is 5.00. The van der Waals surface area contributed by atoms with E-state index in [1.54, 1.807) is 0 Å². The Morgan fingerprint density at radius 1 is 1.23 bits per heavy atom. The van der Waals surface area contributed by atoms with Crippen LogP contribution in [0.1, 0.15) is 11.0 Å². The van der Waals surface area contributed by atoms with Crippen LogP contribution < -0.4 is 5.32 Å². The molecule has 144 valence electrons. The first kappa shape index (κ1) is 17.1. The highest BCUT2D eigenvalue weighted by molar-refractivity contribution is 5.73. The summed E-state index contributed by atoms with van der Waals surface area (Å²) < 4.78 is 42.1. The Hall–Kier alpha value is -2.37. The standard InChI is InChI=1S/C14H20N4O8/c1-9(22)16-11-13(25-7-4-21)12(24-6-3-20)10(8-23-5-2-19)26-14(11)17-18-15/h2-4,10-14H,5-8H2,1H3,(H,16,22)/t10-,11-,12-,13-,14?/m1/s1/i2D,3D,4D. The van der Waals surface area contributed by atoms with E-state index in [1.165, 1.54) is 0 Å². The predicted molar refractivity (Wildman–Crippen MR) is 83.9 cm³/mol. The summed E-state index contributed by atoms with van der Waals surface area (Å²) in [7, 11) is 0. The van der Waals surface area contributed by atoms with E-state index in [0.717, 1.165) is 6.92 Å². The molecule has 0 aliphatic carbocycles. The van der Waals surface area contributed by atoms with Gasteiger partial charge < -0.3 is 38.6 Å². The number of carbonyl (C=O) groups is 4. The van der Waals surface area contributed by atoms with E-state index in [4.69, 9.17) is 28.6 Å². The van der Waals surface area contributed by atoms with Crippen LogP contribution in [0.4, 0.5) is 0 Å². The molecule has 0 aromatic carbocycles. The van der Waals surface area contributed by atoms with Crippen molar-refractivity contribution in [2.45, 2.75) is 37.5 Å². The highest BCUT2D eigenvalue weighted by Crippen LogP contribution is 2.27. The SMILES string of the molecule is [2H]C(=O)COC[C@H]1OC(N=[N+]=[N-])[C@H](NC(C)=O)[C@@H](OCC([2H])=O)[C@@H]1OCC([2H])=O. The molecule has 12 heteroatoms. The third kappa shape index (κ3) is 6.50. The lowest BCUT2D eigenvalue weighted by atomic mass is 9.95. The zero-order valence-electron chi connectivity index (χ0n) is 16.8. The normalized spacial score (nSPS) is 29.4. The number of hydrogen-bond acceptors (Lipinski definition) is 9. The Kier molecular flexibility index (Phi) is 7.92. The Morgan fingerprint density at radius 3 is 2.38 bits per heavy atom. The van der Waals surface area contributed by atoms with Gasteiger partial charge in [0.2, 0.25) is 5.91 Å². The number of nitrogens with one attached hydrogen (secondary N) is 1. The van der Waals surface area contributed by atoms with Gasteiger partial charge in [-0.3, -0.25) is 4.79 Å². The van der Waals surface area contributed by atoms with Crippen LogP contribution in [0.5, 0.6) is 0 Å². The van der Waals surface area contributed by atoms with Crippen molar-refractivity contribution in [2.24, 2.45) is 5.11 Å². The van der Waals surface area contributed by atoms with Crippen LogP contribution in [0.15, 0.2) is 5.11 Å². The number of aldehydes is 3. The molecule has 0 radical (unpaired) electrons. The van der Waals surface area contributed by atoms with Crippen molar-refractivity contribution < 1.29 is 42.2 Å². The topological polar surface area (TPSA) is 166 Å². The Labute approximate surface area is 152 Å². The van der Waals surface area contributed by atoms with Gasteiger partial charge in [0.1, 0.15) is 61.0 Å². The second kappa shape index (κ2) is 12.1. The van der Waals surface area contributed by atoms with E-state index in [0.29, 0.717) is 0 Å². The smallest absolute Gasteiger partial charge is 0.217 e. The zero-order valence-corrected chi connectivity index (χ0v) is 13.8. The second-order valence-electron chi connectivity index (χ2n) is 5.00. The first-order valence-corrected chi connectivity index (χ1v) is 7.41. The third-order valence-electron chi connectivity index (χ3n) is 3.31. The molecule has 1 heterocycles. The van der Waals surface area contributed by atoms with Crippen molar-refractivity contribution in [3.63, 3.8) is 0 Å². The van der Waals surface area contributed by atoms with Crippen LogP contribution in [0, 0.1) is 0 Å². The molecule has 1 N–H and O–H groups in total. The molecule has 26 heavy (non-hydrogen) atoms. The number of ether oxygens (including phenoxy) is 4. The molecule has 0 aromatic heterocycles. The fourth-order valence-electron chi connectivity index (χ4n) is 2.47. The van der Waals surface area contributed by atoms with Gasteiger partial charge in [-0.15, -0.1) is 0 Å². The fraction of sp³-hybridized carbons (Fsp3) is 0.714. The van der Waals surface area contributed by atoms with E-state index < -0.39 is 75.1 Å². The minimum absolute atomic E-state index is 0.361. The summed E-state index contributed by atoms with van der Waals surface area (Å²) in [5, 5.41) is 5.87. The molecule has 0 spiro atoms. The monoisotopic (exact) mass is 375 g/mol. The average molecular weight is 375 g/mol. The summed E-state index contributed by atoms with van der Waals surface area (Å²) in [6.45, 7) is -1.19. The Balaban J connectivity index is 3.21. The van der Waals surface area contributed by atoms with Gasteiger partial charge in [0.05, 0.1) is 12.6 Å².